The molecular formula is C27H33N3O4S. The molecule has 0 aromatic heterocycles. The molecule has 0 spiro atoms. The summed E-state index contributed by atoms with van der Waals surface area (Å²) in [5.74, 6) is -0.595. The van der Waals surface area contributed by atoms with Gasteiger partial charge in [0.1, 0.15) is 6.61 Å². The van der Waals surface area contributed by atoms with Crippen LogP contribution in [-0.2, 0) is 20.7 Å². The second-order valence-electron chi connectivity index (χ2n) is 8.45. The summed E-state index contributed by atoms with van der Waals surface area (Å²) in [6.07, 6.45) is 3.29. The van der Waals surface area contributed by atoms with Gasteiger partial charge >= 0.3 is 5.97 Å². The van der Waals surface area contributed by atoms with E-state index in [1.165, 1.54) is 5.56 Å². The number of carbonyl (C=O) groups excluding carboxylic acids is 2. The molecule has 0 radical (unpaired) electrons. The highest BCUT2D eigenvalue weighted by Gasteiger charge is 2.33. The summed E-state index contributed by atoms with van der Waals surface area (Å²) in [6, 6.07) is 14.6. The van der Waals surface area contributed by atoms with Crippen LogP contribution in [0.1, 0.15) is 54.2 Å². The molecule has 0 unspecified atom stereocenters. The Morgan fingerprint density at radius 3 is 2.40 bits per heavy atom. The number of carbonyl (C=O) groups is 2. The van der Waals surface area contributed by atoms with Crippen molar-refractivity contribution in [1.82, 2.24) is 10.2 Å². The lowest BCUT2D eigenvalue weighted by Crippen LogP contribution is -2.46. The van der Waals surface area contributed by atoms with Gasteiger partial charge in [-0.2, -0.15) is 0 Å². The van der Waals surface area contributed by atoms with E-state index in [1.54, 1.807) is 19.1 Å². The van der Waals surface area contributed by atoms with Crippen LogP contribution in [0.3, 0.4) is 0 Å². The molecule has 7 nitrogen and oxygen atoms in total. The lowest BCUT2D eigenvalue weighted by atomic mass is 9.95. The number of thiocarbonyl (C=S) groups is 1. The molecular weight excluding hydrogens is 462 g/mol. The minimum absolute atomic E-state index is 0.164. The Kier molecular flexibility index (Phi) is 9.39. The van der Waals surface area contributed by atoms with Crippen molar-refractivity contribution in [2.24, 2.45) is 0 Å². The van der Waals surface area contributed by atoms with E-state index in [-0.39, 0.29) is 12.5 Å². The summed E-state index contributed by atoms with van der Waals surface area (Å²) in [5.41, 5.74) is 4.54. The van der Waals surface area contributed by atoms with Gasteiger partial charge in [-0.05, 0) is 67.4 Å². The number of methoxy groups -OCH3 is 1. The molecule has 1 amide bonds. The van der Waals surface area contributed by atoms with Gasteiger partial charge in [0.15, 0.2) is 5.11 Å². The van der Waals surface area contributed by atoms with Gasteiger partial charge in [-0.1, -0.05) is 37.6 Å². The SMILES string of the molecule is CCCCc1ccc(C(=O)Nc2ccc([C@@H]3NC(=S)N(C)C(C)=C3C(=O)OCCOC)cc2)cc1. The number of nitrogens with one attached hydrogen (secondary N) is 2. The molecule has 8 heteroatoms. The van der Waals surface area contributed by atoms with Crippen LogP contribution in [0.5, 0.6) is 0 Å². The summed E-state index contributed by atoms with van der Waals surface area (Å²) in [7, 11) is 3.36. The van der Waals surface area contributed by atoms with Crippen molar-refractivity contribution in [2.45, 2.75) is 39.2 Å². The lowest BCUT2D eigenvalue weighted by Gasteiger charge is -2.35. The van der Waals surface area contributed by atoms with E-state index in [9.17, 15) is 9.59 Å². The largest absolute Gasteiger partial charge is 0.460 e. The number of amides is 1. The molecule has 2 aromatic carbocycles. The standard InChI is InChI=1S/C27H33N3O4S/c1-5-6-7-19-8-10-21(11-9-19)25(31)28-22-14-12-20(13-15-22)24-23(26(32)34-17-16-33-4)18(2)30(3)27(35)29-24/h8-15,24H,5-7,16-17H2,1-4H3,(H,28,31)(H,29,35)/t24-/m0/s1. The van der Waals surface area contributed by atoms with Crippen LogP contribution in [0.15, 0.2) is 59.8 Å². The molecule has 1 aliphatic heterocycles. The van der Waals surface area contributed by atoms with Crippen LogP contribution in [0.2, 0.25) is 0 Å². The van der Waals surface area contributed by atoms with Crippen LogP contribution in [0, 0.1) is 0 Å². The minimum Gasteiger partial charge on any atom is -0.460 e. The van der Waals surface area contributed by atoms with Crippen LogP contribution >= 0.6 is 12.2 Å². The normalized spacial score (nSPS) is 15.6. The minimum atomic E-state index is -0.464. The van der Waals surface area contributed by atoms with Crippen molar-refractivity contribution in [1.29, 1.82) is 0 Å². The molecule has 0 saturated carbocycles. The fraction of sp³-hybridized carbons (Fsp3) is 0.370. The van der Waals surface area contributed by atoms with E-state index < -0.39 is 12.0 Å². The van der Waals surface area contributed by atoms with Gasteiger partial charge in [0, 0.05) is 31.1 Å². The summed E-state index contributed by atoms with van der Waals surface area (Å²) < 4.78 is 10.4. The van der Waals surface area contributed by atoms with Crippen LogP contribution in [-0.4, -0.2) is 49.3 Å². The first-order valence-electron chi connectivity index (χ1n) is 11.8. The number of esters is 1. The molecule has 35 heavy (non-hydrogen) atoms. The fourth-order valence-electron chi connectivity index (χ4n) is 3.81. The number of ether oxygens (including phenoxy) is 2. The zero-order valence-electron chi connectivity index (χ0n) is 20.7. The molecule has 0 saturated heterocycles. The van der Waals surface area contributed by atoms with Gasteiger partial charge in [0.05, 0.1) is 18.2 Å². The Labute approximate surface area is 212 Å². The Hall–Kier alpha value is -3.23. The van der Waals surface area contributed by atoms with Crippen LogP contribution < -0.4 is 10.6 Å². The maximum atomic E-state index is 12.9. The maximum Gasteiger partial charge on any atom is 0.338 e. The monoisotopic (exact) mass is 495 g/mol. The van der Waals surface area contributed by atoms with Crippen molar-refractivity contribution in [3.63, 3.8) is 0 Å². The van der Waals surface area contributed by atoms with Crippen molar-refractivity contribution in [3.8, 4) is 0 Å². The number of benzene rings is 2. The summed E-state index contributed by atoms with van der Waals surface area (Å²) in [4.78, 5) is 27.3. The molecule has 3 rings (SSSR count). The average molecular weight is 496 g/mol. The Morgan fingerprint density at radius 1 is 1.09 bits per heavy atom. The number of hydrogen-bond donors (Lipinski definition) is 2. The van der Waals surface area contributed by atoms with Crippen molar-refractivity contribution in [3.05, 3.63) is 76.5 Å². The molecule has 186 valence electrons. The molecule has 2 N–H and O–H groups in total. The van der Waals surface area contributed by atoms with Gasteiger partial charge in [-0.25, -0.2) is 4.79 Å². The third kappa shape index (κ3) is 6.68. The molecule has 2 aromatic rings. The number of allylic oxidation sites excluding steroid dienone is 1. The van der Waals surface area contributed by atoms with Gasteiger partial charge in [-0.3, -0.25) is 4.79 Å². The van der Waals surface area contributed by atoms with E-state index in [0.717, 1.165) is 30.5 Å². The predicted octanol–water partition coefficient (Wildman–Crippen LogP) is 4.61. The van der Waals surface area contributed by atoms with E-state index in [1.807, 2.05) is 55.5 Å². The Balaban J connectivity index is 1.74. The number of anilines is 1. The van der Waals surface area contributed by atoms with Gasteiger partial charge in [-0.15, -0.1) is 0 Å². The summed E-state index contributed by atoms with van der Waals surface area (Å²) in [6.45, 7) is 4.49. The first kappa shape index (κ1) is 26.4. The summed E-state index contributed by atoms with van der Waals surface area (Å²) >= 11 is 5.45. The molecule has 0 aliphatic carbocycles. The van der Waals surface area contributed by atoms with Crippen molar-refractivity contribution < 1.29 is 19.1 Å². The van der Waals surface area contributed by atoms with Gasteiger partial charge < -0.3 is 25.0 Å². The van der Waals surface area contributed by atoms with Crippen LogP contribution in [0.4, 0.5) is 5.69 Å². The van der Waals surface area contributed by atoms with E-state index in [0.29, 0.717) is 28.5 Å². The molecule has 0 bridgehead atoms. The fourth-order valence-corrected chi connectivity index (χ4v) is 4.07. The highest BCUT2D eigenvalue weighted by Crippen LogP contribution is 2.31. The topological polar surface area (TPSA) is 79.9 Å². The molecule has 0 fully saturated rings. The number of hydrogen-bond acceptors (Lipinski definition) is 5. The van der Waals surface area contributed by atoms with Gasteiger partial charge in [0.25, 0.3) is 5.91 Å². The number of unbranched alkanes of at least 4 members (excludes halogenated alkanes) is 1. The highest BCUT2D eigenvalue weighted by atomic mass is 32.1. The third-order valence-corrected chi connectivity index (χ3v) is 6.42. The lowest BCUT2D eigenvalue weighted by molar-refractivity contribution is -0.140. The number of rotatable bonds is 10. The van der Waals surface area contributed by atoms with E-state index in [2.05, 4.69) is 17.6 Å². The summed E-state index contributed by atoms with van der Waals surface area (Å²) in [5, 5.41) is 6.67. The zero-order valence-corrected chi connectivity index (χ0v) is 21.5. The zero-order chi connectivity index (χ0) is 25.4. The predicted molar refractivity (Wildman–Crippen MR) is 141 cm³/mol. The van der Waals surface area contributed by atoms with Crippen molar-refractivity contribution >= 4 is 34.9 Å². The average Bonchev–Trinajstić information content (AvgIpc) is 2.86. The van der Waals surface area contributed by atoms with E-state index in [4.69, 9.17) is 21.7 Å². The second-order valence-corrected chi connectivity index (χ2v) is 8.83. The molecule has 1 aliphatic rings. The van der Waals surface area contributed by atoms with Crippen molar-refractivity contribution in [2.75, 3.05) is 32.7 Å². The Bertz CT molecular complexity index is 1080. The number of aryl methyl sites for hydroxylation is 1. The molecule has 1 heterocycles. The van der Waals surface area contributed by atoms with Gasteiger partial charge in [0.2, 0.25) is 0 Å². The van der Waals surface area contributed by atoms with E-state index >= 15 is 0 Å². The quantitative estimate of drug-likeness (QED) is 0.283. The first-order valence-corrected chi connectivity index (χ1v) is 12.2. The van der Waals surface area contributed by atoms with Crippen LogP contribution in [0.25, 0.3) is 0 Å². The highest BCUT2D eigenvalue weighted by molar-refractivity contribution is 7.80. The third-order valence-electron chi connectivity index (χ3n) is 6.03. The maximum absolute atomic E-state index is 12.9. The Morgan fingerprint density at radius 2 is 1.77 bits per heavy atom. The first-order chi connectivity index (χ1) is 16.8. The second kappa shape index (κ2) is 12.5. The smallest absolute Gasteiger partial charge is 0.338 e. The number of nitrogens with zero attached hydrogens (tertiary/aromatic N) is 1. The molecule has 1 atom stereocenters.